The van der Waals surface area contributed by atoms with Crippen LogP contribution in [0.4, 0.5) is 0 Å². The number of methoxy groups -OCH3 is 1. The predicted octanol–water partition coefficient (Wildman–Crippen LogP) is 2.20. The second-order valence-electron chi connectivity index (χ2n) is 5.16. The van der Waals surface area contributed by atoms with E-state index in [-0.39, 0.29) is 17.4 Å². The zero-order valence-electron chi connectivity index (χ0n) is 13.6. The van der Waals surface area contributed by atoms with Crippen LogP contribution in [-0.4, -0.2) is 45.8 Å². The van der Waals surface area contributed by atoms with E-state index in [2.05, 4.69) is 4.74 Å². The first-order valence-electron chi connectivity index (χ1n) is 7.09. The summed E-state index contributed by atoms with van der Waals surface area (Å²) in [4.78, 5) is 34.7. The summed E-state index contributed by atoms with van der Waals surface area (Å²) in [5.41, 5.74) is -1.25. The molecule has 136 valence electrons. The Morgan fingerprint density at radius 1 is 1.08 bits per heavy atom. The molecule has 0 unspecified atom stereocenters. The van der Waals surface area contributed by atoms with Crippen LogP contribution in [0.25, 0.3) is 0 Å². The van der Waals surface area contributed by atoms with E-state index in [4.69, 9.17) is 4.74 Å². The highest BCUT2D eigenvalue weighted by molar-refractivity contribution is 5.99. The third-order valence-electron chi connectivity index (χ3n) is 3.55. The molecule has 2 aromatic carbocycles. The first-order chi connectivity index (χ1) is 12.2. The maximum atomic E-state index is 11.9. The number of ether oxygens (including phenoxy) is 2. The number of benzene rings is 2. The van der Waals surface area contributed by atoms with Crippen LogP contribution in [0, 0.1) is 6.92 Å². The summed E-state index contributed by atoms with van der Waals surface area (Å²) in [6.45, 7) is 1.36. The average molecular weight is 362 g/mol. The van der Waals surface area contributed by atoms with Crippen molar-refractivity contribution in [3.05, 3.63) is 40.5 Å². The van der Waals surface area contributed by atoms with E-state index < -0.39 is 51.8 Å². The van der Waals surface area contributed by atoms with E-state index in [1.165, 1.54) is 6.92 Å². The minimum Gasteiger partial charge on any atom is -0.507 e. The fourth-order valence-corrected chi connectivity index (χ4v) is 2.31. The van der Waals surface area contributed by atoms with Gasteiger partial charge in [0, 0.05) is 0 Å². The minimum atomic E-state index is -1.47. The van der Waals surface area contributed by atoms with Gasteiger partial charge in [0.2, 0.25) is 5.75 Å². The second-order valence-corrected chi connectivity index (χ2v) is 5.16. The maximum Gasteiger partial charge on any atom is 0.341 e. The number of phenolic OH excluding ortho intramolecular Hbond substituents is 3. The first-order valence-corrected chi connectivity index (χ1v) is 7.09. The molecule has 4 N–H and O–H groups in total. The van der Waals surface area contributed by atoms with Gasteiger partial charge in [-0.05, 0) is 30.7 Å². The van der Waals surface area contributed by atoms with Crippen molar-refractivity contribution >= 4 is 18.2 Å². The lowest BCUT2D eigenvalue weighted by atomic mass is 10.0. The van der Waals surface area contributed by atoms with Gasteiger partial charge in [-0.15, -0.1) is 0 Å². The van der Waals surface area contributed by atoms with E-state index in [0.717, 1.165) is 25.3 Å². The van der Waals surface area contributed by atoms with Crippen LogP contribution in [0.1, 0.15) is 36.6 Å². The number of carboxylic acids is 1. The number of aldehydes is 1. The Balaban J connectivity index is 2.81. The lowest BCUT2D eigenvalue weighted by Crippen LogP contribution is -2.09. The van der Waals surface area contributed by atoms with E-state index >= 15 is 0 Å². The van der Waals surface area contributed by atoms with Crippen molar-refractivity contribution in [1.29, 1.82) is 0 Å². The normalized spacial score (nSPS) is 10.2. The standard InChI is InChI=1S/C17H14O9/c1-7-5-11(20)9(6-18)14(12(7)16(22)23)26-15-8(17(24)25-2)3-4-10(19)13(15)21/h3-6,19-21H,1-2H3,(H,22,23). The number of hydrogen-bond donors (Lipinski definition) is 4. The smallest absolute Gasteiger partial charge is 0.341 e. The summed E-state index contributed by atoms with van der Waals surface area (Å²) >= 11 is 0. The first kappa shape index (κ1) is 18.6. The molecule has 0 saturated carbocycles. The summed E-state index contributed by atoms with van der Waals surface area (Å²) in [6, 6.07) is 3.14. The Morgan fingerprint density at radius 2 is 1.73 bits per heavy atom. The Bertz CT molecular complexity index is 915. The molecule has 0 aromatic heterocycles. The number of carbonyl (C=O) groups excluding carboxylic acids is 2. The highest BCUT2D eigenvalue weighted by Gasteiger charge is 2.27. The Labute approximate surface area is 146 Å². The molecular formula is C17H14O9. The van der Waals surface area contributed by atoms with Gasteiger partial charge in [0.1, 0.15) is 16.9 Å². The molecule has 0 amide bonds. The molecule has 0 atom stereocenters. The van der Waals surface area contributed by atoms with Gasteiger partial charge in [-0.25, -0.2) is 9.59 Å². The molecule has 2 rings (SSSR count). The molecule has 9 heteroatoms. The fourth-order valence-electron chi connectivity index (χ4n) is 2.31. The number of carbonyl (C=O) groups is 3. The van der Waals surface area contributed by atoms with Crippen molar-refractivity contribution in [3.63, 3.8) is 0 Å². The quantitative estimate of drug-likeness (QED) is 0.356. The van der Waals surface area contributed by atoms with E-state index in [9.17, 15) is 34.8 Å². The van der Waals surface area contributed by atoms with Gasteiger partial charge in [0.25, 0.3) is 0 Å². The summed E-state index contributed by atoms with van der Waals surface area (Å²) in [7, 11) is 1.06. The zero-order chi connectivity index (χ0) is 19.6. The van der Waals surface area contributed by atoms with Gasteiger partial charge in [0.15, 0.2) is 23.5 Å². The van der Waals surface area contributed by atoms with E-state index in [1.807, 2.05) is 0 Å². The molecule has 0 aliphatic rings. The molecular weight excluding hydrogens is 348 g/mol. The van der Waals surface area contributed by atoms with Crippen LogP contribution < -0.4 is 4.74 Å². The molecule has 26 heavy (non-hydrogen) atoms. The van der Waals surface area contributed by atoms with Crippen molar-refractivity contribution in [2.24, 2.45) is 0 Å². The monoisotopic (exact) mass is 362 g/mol. The van der Waals surface area contributed by atoms with Crippen molar-refractivity contribution in [2.45, 2.75) is 6.92 Å². The van der Waals surface area contributed by atoms with Crippen molar-refractivity contribution in [1.82, 2.24) is 0 Å². The van der Waals surface area contributed by atoms with E-state index in [0.29, 0.717) is 0 Å². The molecule has 0 bridgehead atoms. The summed E-state index contributed by atoms with van der Waals surface area (Å²) in [5, 5.41) is 39.0. The Kier molecular flexibility index (Phi) is 5.01. The van der Waals surface area contributed by atoms with Crippen LogP contribution in [0.15, 0.2) is 18.2 Å². The average Bonchev–Trinajstić information content (AvgIpc) is 2.58. The number of hydrogen-bond acceptors (Lipinski definition) is 8. The minimum absolute atomic E-state index is 0.0647. The zero-order valence-corrected chi connectivity index (χ0v) is 13.6. The Hall–Kier alpha value is -3.75. The van der Waals surface area contributed by atoms with Gasteiger partial charge >= 0.3 is 11.9 Å². The summed E-state index contributed by atoms with van der Waals surface area (Å²) in [5.74, 6) is -5.74. The molecule has 9 nitrogen and oxygen atoms in total. The third kappa shape index (κ3) is 3.09. The van der Waals surface area contributed by atoms with Crippen molar-refractivity contribution in [3.8, 4) is 28.7 Å². The molecule has 0 aliphatic carbocycles. The van der Waals surface area contributed by atoms with Crippen LogP contribution in [-0.2, 0) is 4.74 Å². The number of aromatic hydroxyl groups is 3. The largest absolute Gasteiger partial charge is 0.507 e. The number of aryl methyl sites for hydroxylation is 1. The maximum absolute atomic E-state index is 11.9. The number of carboxylic acid groups (broad SMARTS) is 1. The number of esters is 1. The van der Waals surface area contributed by atoms with Crippen LogP contribution in [0.3, 0.4) is 0 Å². The molecule has 0 aliphatic heterocycles. The SMILES string of the molecule is COC(=O)c1ccc(O)c(O)c1Oc1c(C=O)c(O)cc(C)c1C(=O)O. The molecule has 0 spiro atoms. The van der Waals surface area contributed by atoms with Gasteiger partial charge in [0.05, 0.1) is 12.7 Å². The molecule has 0 fully saturated rings. The van der Waals surface area contributed by atoms with Gasteiger partial charge < -0.3 is 29.9 Å². The second kappa shape index (κ2) is 7.01. The number of rotatable bonds is 5. The van der Waals surface area contributed by atoms with Gasteiger partial charge in [-0.1, -0.05) is 0 Å². The third-order valence-corrected chi connectivity index (χ3v) is 3.55. The highest BCUT2D eigenvalue weighted by atomic mass is 16.5. The van der Waals surface area contributed by atoms with Crippen LogP contribution in [0.2, 0.25) is 0 Å². The van der Waals surface area contributed by atoms with Crippen LogP contribution in [0.5, 0.6) is 28.7 Å². The summed E-state index contributed by atoms with van der Waals surface area (Å²) < 4.78 is 9.88. The van der Waals surface area contributed by atoms with E-state index in [1.54, 1.807) is 0 Å². The number of phenols is 3. The van der Waals surface area contributed by atoms with Crippen molar-refractivity contribution < 1.29 is 44.3 Å². The molecule has 0 saturated heterocycles. The summed E-state index contributed by atoms with van der Waals surface area (Å²) in [6.07, 6.45) is 0.161. The predicted molar refractivity (Wildman–Crippen MR) is 86.4 cm³/mol. The lowest BCUT2D eigenvalue weighted by molar-refractivity contribution is 0.0597. The molecule has 0 radical (unpaired) electrons. The fraction of sp³-hybridized carbons (Fsp3) is 0.118. The number of aromatic carboxylic acids is 1. The van der Waals surface area contributed by atoms with Crippen molar-refractivity contribution in [2.75, 3.05) is 7.11 Å². The molecule has 0 heterocycles. The highest BCUT2D eigenvalue weighted by Crippen LogP contribution is 2.44. The van der Waals surface area contributed by atoms with Gasteiger partial charge in [-0.3, -0.25) is 4.79 Å². The lowest BCUT2D eigenvalue weighted by Gasteiger charge is -2.17. The van der Waals surface area contributed by atoms with Crippen LogP contribution >= 0.6 is 0 Å². The Morgan fingerprint density at radius 3 is 2.27 bits per heavy atom. The topological polar surface area (TPSA) is 151 Å². The van der Waals surface area contributed by atoms with Gasteiger partial charge in [-0.2, -0.15) is 0 Å². The molecule has 2 aromatic rings.